The van der Waals surface area contributed by atoms with Gasteiger partial charge in [-0.3, -0.25) is 4.79 Å². The predicted molar refractivity (Wildman–Crippen MR) is 150 cm³/mol. The lowest BCUT2D eigenvalue weighted by molar-refractivity contribution is 0.306. The van der Waals surface area contributed by atoms with E-state index in [1.54, 1.807) is 24.4 Å². The molecule has 0 saturated heterocycles. The molecule has 5 rings (SSSR count). The summed E-state index contributed by atoms with van der Waals surface area (Å²) in [6.07, 6.45) is 4.18. The Morgan fingerprint density at radius 1 is 1.03 bits per heavy atom. The van der Waals surface area contributed by atoms with Crippen LogP contribution >= 0.6 is 15.9 Å². The van der Waals surface area contributed by atoms with Crippen molar-refractivity contribution in [1.82, 2.24) is 9.66 Å². The Bertz CT molecular complexity index is 1660. The Labute approximate surface area is 222 Å². The minimum absolute atomic E-state index is 0.220. The molecule has 0 atom stereocenters. The van der Waals surface area contributed by atoms with Gasteiger partial charge in [-0.1, -0.05) is 71.7 Å². The maximum absolute atomic E-state index is 13.5. The van der Waals surface area contributed by atoms with Gasteiger partial charge in [0.1, 0.15) is 24.0 Å². The quantitative estimate of drug-likeness (QED) is 0.189. The molecule has 186 valence electrons. The van der Waals surface area contributed by atoms with E-state index in [4.69, 9.17) is 9.72 Å². The van der Waals surface area contributed by atoms with Gasteiger partial charge in [0, 0.05) is 16.5 Å². The van der Waals surface area contributed by atoms with E-state index in [0.29, 0.717) is 28.9 Å². The highest BCUT2D eigenvalue weighted by atomic mass is 79.9. The van der Waals surface area contributed by atoms with E-state index in [2.05, 4.69) is 28.0 Å². The van der Waals surface area contributed by atoms with Crippen molar-refractivity contribution in [1.29, 1.82) is 0 Å². The van der Waals surface area contributed by atoms with Gasteiger partial charge >= 0.3 is 0 Å². The zero-order valence-electron chi connectivity index (χ0n) is 20.3. The van der Waals surface area contributed by atoms with Crippen LogP contribution in [-0.2, 0) is 13.0 Å². The maximum atomic E-state index is 13.5. The average molecular weight is 558 g/mol. The number of hydrogen-bond acceptors (Lipinski definition) is 4. The van der Waals surface area contributed by atoms with E-state index in [0.717, 1.165) is 39.2 Å². The topological polar surface area (TPSA) is 56.5 Å². The second-order valence-corrected chi connectivity index (χ2v) is 9.68. The summed E-state index contributed by atoms with van der Waals surface area (Å²) in [5, 5.41) is 7.13. The number of aryl methyl sites for hydroxylation is 1. The van der Waals surface area contributed by atoms with Gasteiger partial charge in [0.2, 0.25) is 0 Å². The van der Waals surface area contributed by atoms with Crippen molar-refractivity contribution in [3.05, 3.63) is 116 Å². The maximum Gasteiger partial charge on any atom is 0.282 e. The van der Waals surface area contributed by atoms with E-state index >= 15 is 0 Å². The molecule has 0 aliphatic heterocycles. The molecule has 0 radical (unpaired) electrons. The first-order valence-electron chi connectivity index (χ1n) is 12.2. The van der Waals surface area contributed by atoms with Crippen molar-refractivity contribution >= 4 is 43.8 Å². The lowest BCUT2D eigenvalue weighted by Crippen LogP contribution is -2.22. The normalized spacial score (nSPS) is 11.5. The molecule has 0 N–H and O–H groups in total. The number of fused-ring (bicyclic) bond motifs is 2. The second kappa shape index (κ2) is 11.0. The lowest BCUT2D eigenvalue weighted by Gasteiger charge is -2.13. The number of rotatable bonds is 8. The van der Waals surface area contributed by atoms with Crippen molar-refractivity contribution in [3.8, 4) is 5.75 Å². The number of benzene rings is 4. The Morgan fingerprint density at radius 2 is 1.84 bits per heavy atom. The van der Waals surface area contributed by atoms with Crippen LogP contribution < -0.4 is 10.3 Å². The van der Waals surface area contributed by atoms with E-state index in [9.17, 15) is 9.18 Å². The smallest absolute Gasteiger partial charge is 0.282 e. The van der Waals surface area contributed by atoms with Gasteiger partial charge in [0.05, 0.1) is 17.1 Å². The molecule has 0 aliphatic rings. The molecule has 0 unspecified atom stereocenters. The molecule has 0 spiro atoms. The standard InChI is InChI=1S/C30H25BrFN3O2/c1-2-3-8-29-34-27-15-12-22(31)17-25(27)30(36)35(29)33-18-26-24-7-5-4-6-21(24)11-16-28(26)37-19-20-9-13-23(32)14-10-20/h4-7,9-18H,2-3,8,19H2,1H3. The third kappa shape index (κ3) is 5.47. The Kier molecular flexibility index (Phi) is 7.42. The first-order valence-corrected chi connectivity index (χ1v) is 13.0. The Morgan fingerprint density at radius 3 is 2.65 bits per heavy atom. The van der Waals surface area contributed by atoms with E-state index in [1.165, 1.54) is 16.8 Å². The molecule has 0 aliphatic carbocycles. The zero-order chi connectivity index (χ0) is 25.8. The van der Waals surface area contributed by atoms with E-state index in [1.807, 2.05) is 48.5 Å². The summed E-state index contributed by atoms with van der Waals surface area (Å²) >= 11 is 3.45. The molecule has 0 amide bonds. The highest BCUT2D eigenvalue weighted by Gasteiger charge is 2.13. The molecule has 1 aromatic heterocycles. The SMILES string of the molecule is CCCCc1nc2ccc(Br)cc2c(=O)n1N=Cc1c(OCc2ccc(F)cc2)ccc2ccccc12. The van der Waals surface area contributed by atoms with Gasteiger partial charge < -0.3 is 4.74 Å². The van der Waals surface area contributed by atoms with Crippen LogP contribution in [-0.4, -0.2) is 15.9 Å². The monoisotopic (exact) mass is 557 g/mol. The number of hydrogen-bond donors (Lipinski definition) is 0. The summed E-state index contributed by atoms with van der Waals surface area (Å²) in [6.45, 7) is 2.37. The molecule has 7 heteroatoms. The number of ether oxygens (including phenoxy) is 1. The zero-order valence-corrected chi connectivity index (χ0v) is 21.9. The van der Waals surface area contributed by atoms with Gasteiger partial charge in [-0.15, -0.1) is 0 Å². The van der Waals surface area contributed by atoms with Crippen molar-refractivity contribution in [2.75, 3.05) is 0 Å². The summed E-state index contributed by atoms with van der Waals surface area (Å²) < 4.78 is 21.7. The van der Waals surface area contributed by atoms with Gasteiger partial charge in [0.25, 0.3) is 5.56 Å². The highest BCUT2D eigenvalue weighted by molar-refractivity contribution is 9.10. The fraction of sp³-hybridized carbons (Fsp3) is 0.167. The van der Waals surface area contributed by atoms with Crippen LogP contribution in [0.5, 0.6) is 5.75 Å². The molecule has 5 nitrogen and oxygen atoms in total. The molecule has 4 aromatic carbocycles. The molecule has 0 bridgehead atoms. The summed E-state index contributed by atoms with van der Waals surface area (Å²) in [5.41, 5.74) is 2.03. The Hall–Kier alpha value is -3.84. The molecular formula is C30H25BrFN3O2. The van der Waals surface area contributed by atoms with Crippen LogP contribution in [0.3, 0.4) is 0 Å². The molecule has 0 fully saturated rings. The van der Waals surface area contributed by atoms with Crippen LogP contribution in [0.1, 0.15) is 36.7 Å². The number of unbranched alkanes of at least 4 members (excludes halogenated alkanes) is 1. The van der Waals surface area contributed by atoms with Gasteiger partial charge in [-0.05, 0) is 59.2 Å². The third-order valence-corrected chi connectivity index (χ3v) is 6.66. The molecule has 1 heterocycles. The third-order valence-electron chi connectivity index (χ3n) is 6.17. The van der Waals surface area contributed by atoms with Crippen molar-refractivity contribution < 1.29 is 9.13 Å². The van der Waals surface area contributed by atoms with Gasteiger partial charge in [-0.25, -0.2) is 9.37 Å². The average Bonchev–Trinajstić information content (AvgIpc) is 2.92. The highest BCUT2D eigenvalue weighted by Crippen LogP contribution is 2.28. The number of aromatic nitrogens is 2. The summed E-state index contributed by atoms with van der Waals surface area (Å²) in [4.78, 5) is 18.3. The summed E-state index contributed by atoms with van der Waals surface area (Å²) in [6, 6.07) is 23.5. The fourth-order valence-corrected chi connectivity index (χ4v) is 4.56. The minimum atomic E-state index is -0.289. The van der Waals surface area contributed by atoms with Crippen LogP contribution in [0, 0.1) is 5.82 Å². The molecule has 0 saturated carbocycles. The largest absolute Gasteiger partial charge is 0.488 e. The molecule has 37 heavy (non-hydrogen) atoms. The first kappa shape index (κ1) is 24.8. The number of halogens is 2. The van der Waals surface area contributed by atoms with Crippen LogP contribution in [0.4, 0.5) is 4.39 Å². The fourth-order valence-electron chi connectivity index (χ4n) is 4.20. The Balaban J connectivity index is 1.60. The van der Waals surface area contributed by atoms with Crippen LogP contribution in [0.15, 0.2) is 93.2 Å². The van der Waals surface area contributed by atoms with Crippen LogP contribution in [0.2, 0.25) is 0 Å². The number of nitrogens with zero attached hydrogens (tertiary/aromatic N) is 3. The van der Waals surface area contributed by atoms with Gasteiger partial charge in [-0.2, -0.15) is 9.78 Å². The van der Waals surface area contributed by atoms with Crippen molar-refractivity contribution in [2.45, 2.75) is 32.8 Å². The van der Waals surface area contributed by atoms with E-state index < -0.39 is 0 Å². The van der Waals surface area contributed by atoms with Crippen molar-refractivity contribution in [3.63, 3.8) is 0 Å². The molecule has 5 aromatic rings. The lowest BCUT2D eigenvalue weighted by atomic mass is 10.0. The summed E-state index contributed by atoms with van der Waals surface area (Å²) in [7, 11) is 0. The predicted octanol–water partition coefficient (Wildman–Crippen LogP) is 7.26. The van der Waals surface area contributed by atoms with Gasteiger partial charge in [0.15, 0.2) is 0 Å². The summed E-state index contributed by atoms with van der Waals surface area (Å²) in [5.74, 6) is 0.945. The van der Waals surface area contributed by atoms with Crippen LogP contribution in [0.25, 0.3) is 21.7 Å². The van der Waals surface area contributed by atoms with Crippen molar-refractivity contribution in [2.24, 2.45) is 5.10 Å². The molecular weight excluding hydrogens is 533 g/mol. The first-order chi connectivity index (χ1) is 18.0. The minimum Gasteiger partial charge on any atom is -0.488 e. The second-order valence-electron chi connectivity index (χ2n) is 8.77. The van der Waals surface area contributed by atoms with E-state index in [-0.39, 0.29) is 18.0 Å².